The first-order valence-electron chi connectivity index (χ1n) is 6.26. The number of aliphatic hydroxyl groups is 1. The smallest absolute Gasteiger partial charge is 0.150 e. The molecule has 6 heteroatoms. The van der Waals surface area contributed by atoms with E-state index in [0.717, 1.165) is 30.0 Å². The van der Waals surface area contributed by atoms with Gasteiger partial charge in [-0.1, -0.05) is 6.92 Å². The van der Waals surface area contributed by atoms with Crippen LogP contribution in [0.2, 0.25) is 0 Å². The highest BCUT2D eigenvalue weighted by atomic mass is 32.2. The first-order valence-corrected chi connectivity index (χ1v) is 8.96. The van der Waals surface area contributed by atoms with Gasteiger partial charge in [0.25, 0.3) is 0 Å². The lowest BCUT2D eigenvalue weighted by Gasteiger charge is -2.20. The van der Waals surface area contributed by atoms with Crippen LogP contribution in [0, 0.1) is 5.92 Å². The molecule has 2 heterocycles. The van der Waals surface area contributed by atoms with Crippen molar-refractivity contribution in [3.63, 3.8) is 0 Å². The molecule has 2 atom stereocenters. The van der Waals surface area contributed by atoms with Gasteiger partial charge in [-0.3, -0.25) is 0 Å². The monoisotopic (exact) mass is 289 g/mol. The summed E-state index contributed by atoms with van der Waals surface area (Å²) >= 11 is 1.57. The fourth-order valence-corrected chi connectivity index (χ4v) is 5.07. The molecule has 2 rings (SSSR count). The predicted octanol–water partition coefficient (Wildman–Crippen LogP) is 1.61. The summed E-state index contributed by atoms with van der Waals surface area (Å²) in [6.45, 7) is 2.03. The number of nitrogens with zero attached hydrogens (tertiary/aromatic N) is 1. The van der Waals surface area contributed by atoms with Crippen LogP contribution in [0.25, 0.3) is 0 Å². The molecule has 0 saturated carbocycles. The second kappa shape index (κ2) is 5.67. The highest BCUT2D eigenvalue weighted by Gasteiger charge is 2.25. The molecule has 0 amide bonds. The van der Waals surface area contributed by atoms with Gasteiger partial charge in [0.2, 0.25) is 0 Å². The minimum Gasteiger partial charge on any atom is -0.396 e. The lowest BCUT2D eigenvalue weighted by Crippen LogP contribution is -2.26. The third-order valence-electron chi connectivity index (χ3n) is 3.37. The molecule has 1 aliphatic heterocycles. The molecular weight excluding hydrogens is 270 g/mol. The number of thiazole rings is 1. The third kappa shape index (κ3) is 3.52. The van der Waals surface area contributed by atoms with Crippen molar-refractivity contribution in [3.8, 4) is 0 Å². The molecule has 1 saturated heterocycles. The van der Waals surface area contributed by atoms with Gasteiger partial charge < -0.3 is 5.11 Å². The van der Waals surface area contributed by atoms with Gasteiger partial charge in [-0.05, 0) is 18.8 Å². The van der Waals surface area contributed by atoms with E-state index >= 15 is 0 Å². The molecule has 1 aromatic heterocycles. The fraction of sp³-hybridized carbons (Fsp3) is 0.750. The van der Waals surface area contributed by atoms with Gasteiger partial charge in [0.15, 0.2) is 9.84 Å². The summed E-state index contributed by atoms with van der Waals surface area (Å²) in [5.41, 5.74) is 0.913. The number of sulfone groups is 1. The zero-order valence-corrected chi connectivity index (χ0v) is 12.1. The van der Waals surface area contributed by atoms with E-state index < -0.39 is 9.84 Å². The van der Waals surface area contributed by atoms with Crippen molar-refractivity contribution in [1.82, 2.24) is 4.98 Å². The normalized spacial score (nSPS) is 24.9. The Morgan fingerprint density at radius 3 is 3.06 bits per heavy atom. The van der Waals surface area contributed by atoms with Crippen molar-refractivity contribution in [2.75, 3.05) is 18.1 Å². The maximum Gasteiger partial charge on any atom is 0.150 e. The van der Waals surface area contributed by atoms with Gasteiger partial charge in [0.05, 0.1) is 28.8 Å². The molecule has 102 valence electrons. The van der Waals surface area contributed by atoms with E-state index in [1.54, 1.807) is 11.3 Å². The fourth-order valence-electron chi connectivity index (χ4n) is 2.26. The summed E-state index contributed by atoms with van der Waals surface area (Å²) in [6, 6.07) is 0. The van der Waals surface area contributed by atoms with E-state index in [4.69, 9.17) is 5.11 Å². The van der Waals surface area contributed by atoms with Crippen LogP contribution >= 0.6 is 11.3 Å². The van der Waals surface area contributed by atoms with Crippen LogP contribution in [0.5, 0.6) is 0 Å². The van der Waals surface area contributed by atoms with Crippen molar-refractivity contribution in [2.24, 2.45) is 5.92 Å². The summed E-state index contributed by atoms with van der Waals surface area (Å²) in [5, 5.41) is 12.0. The van der Waals surface area contributed by atoms with Crippen LogP contribution in [0.3, 0.4) is 0 Å². The quantitative estimate of drug-likeness (QED) is 0.914. The maximum atomic E-state index is 11.6. The highest BCUT2D eigenvalue weighted by Crippen LogP contribution is 2.25. The number of hydrogen-bond donors (Lipinski definition) is 1. The first-order chi connectivity index (χ1) is 8.50. The third-order valence-corrected chi connectivity index (χ3v) is 6.15. The predicted molar refractivity (Wildman–Crippen MR) is 72.7 cm³/mol. The van der Waals surface area contributed by atoms with Gasteiger partial charge in [0.1, 0.15) is 0 Å². The van der Waals surface area contributed by atoms with Crippen LogP contribution in [0.4, 0.5) is 0 Å². The molecule has 1 N–H and O–H groups in total. The molecule has 0 bridgehead atoms. The maximum absolute atomic E-state index is 11.6. The number of rotatable bonds is 4. The molecule has 1 aromatic rings. The van der Waals surface area contributed by atoms with E-state index in [0.29, 0.717) is 11.5 Å². The lowest BCUT2D eigenvalue weighted by molar-refractivity contribution is 0.271. The Balaban J connectivity index is 1.99. The molecule has 0 aliphatic carbocycles. The van der Waals surface area contributed by atoms with E-state index in [1.165, 1.54) is 0 Å². The van der Waals surface area contributed by atoms with Crippen molar-refractivity contribution < 1.29 is 13.5 Å². The van der Waals surface area contributed by atoms with Crippen LogP contribution in [0.1, 0.15) is 36.4 Å². The number of hydrogen-bond acceptors (Lipinski definition) is 5. The molecule has 1 fully saturated rings. The first kappa shape index (κ1) is 14.0. The molecule has 2 unspecified atom stereocenters. The summed E-state index contributed by atoms with van der Waals surface area (Å²) in [7, 11) is -2.83. The van der Waals surface area contributed by atoms with Gasteiger partial charge in [0, 0.05) is 17.7 Å². The zero-order chi connectivity index (χ0) is 13.2. The van der Waals surface area contributed by atoms with Gasteiger partial charge in [-0.25, -0.2) is 13.4 Å². The molecule has 0 radical (unpaired) electrons. The molecule has 0 spiro atoms. The summed E-state index contributed by atoms with van der Waals surface area (Å²) in [4.78, 5) is 4.49. The van der Waals surface area contributed by atoms with Crippen molar-refractivity contribution in [3.05, 3.63) is 16.1 Å². The van der Waals surface area contributed by atoms with Gasteiger partial charge in [-0.2, -0.15) is 0 Å². The second-order valence-electron chi connectivity index (χ2n) is 5.08. The Morgan fingerprint density at radius 2 is 2.39 bits per heavy atom. The highest BCUT2D eigenvalue weighted by molar-refractivity contribution is 7.91. The van der Waals surface area contributed by atoms with Gasteiger partial charge in [-0.15, -0.1) is 11.3 Å². The Kier molecular flexibility index (Phi) is 4.40. The average Bonchev–Trinajstić information content (AvgIpc) is 2.75. The largest absolute Gasteiger partial charge is 0.396 e. The zero-order valence-electron chi connectivity index (χ0n) is 10.5. The second-order valence-corrected chi connectivity index (χ2v) is 8.25. The summed E-state index contributed by atoms with van der Waals surface area (Å²) in [5.74, 6) is 0.920. The molecular formula is C12H19NO3S2. The molecule has 0 aromatic carbocycles. The Bertz CT molecular complexity index is 495. The van der Waals surface area contributed by atoms with Crippen LogP contribution in [-0.2, 0) is 16.3 Å². The van der Waals surface area contributed by atoms with E-state index in [-0.39, 0.29) is 18.4 Å². The van der Waals surface area contributed by atoms with Crippen molar-refractivity contribution in [2.45, 2.75) is 32.1 Å². The van der Waals surface area contributed by atoms with Crippen molar-refractivity contribution in [1.29, 1.82) is 0 Å². The van der Waals surface area contributed by atoms with Crippen molar-refractivity contribution >= 4 is 21.2 Å². The SMILES string of the molecule is CC(CO)c1csc(CC2CCCS(=O)(=O)C2)n1. The summed E-state index contributed by atoms with van der Waals surface area (Å²) in [6.07, 6.45) is 2.50. The minimum atomic E-state index is -2.83. The van der Waals surface area contributed by atoms with Crippen LogP contribution < -0.4 is 0 Å². The molecule has 18 heavy (non-hydrogen) atoms. The standard InChI is InChI=1S/C12H19NO3S2/c1-9(6-14)11-7-17-12(13-11)5-10-3-2-4-18(15,16)8-10/h7,9-10,14H,2-6,8H2,1H3. The molecule has 4 nitrogen and oxygen atoms in total. The van der Waals surface area contributed by atoms with E-state index in [9.17, 15) is 8.42 Å². The van der Waals surface area contributed by atoms with Crippen LogP contribution in [0.15, 0.2) is 5.38 Å². The van der Waals surface area contributed by atoms with E-state index in [2.05, 4.69) is 4.98 Å². The molecule has 1 aliphatic rings. The van der Waals surface area contributed by atoms with Crippen LogP contribution in [-0.4, -0.2) is 36.6 Å². The topological polar surface area (TPSA) is 67.3 Å². The Labute approximate surface area is 112 Å². The van der Waals surface area contributed by atoms with Gasteiger partial charge >= 0.3 is 0 Å². The van der Waals surface area contributed by atoms with E-state index in [1.807, 2.05) is 12.3 Å². The average molecular weight is 289 g/mol. The summed E-state index contributed by atoms with van der Waals surface area (Å²) < 4.78 is 23.1. The lowest BCUT2D eigenvalue weighted by atomic mass is 10.0. The minimum absolute atomic E-state index is 0.0603. The number of aromatic nitrogens is 1. The Hall–Kier alpha value is -0.460. The Morgan fingerprint density at radius 1 is 1.61 bits per heavy atom. The number of aliphatic hydroxyl groups excluding tert-OH is 1.